The van der Waals surface area contributed by atoms with Crippen LogP contribution in [0.25, 0.3) is 0 Å². The van der Waals surface area contributed by atoms with E-state index < -0.39 is 0 Å². The van der Waals surface area contributed by atoms with Crippen molar-refractivity contribution in [2.45, 2.75) is 12.3 Å². The molecule has 1 aliphatic rings. The number of rotatable bonds is 3. The van der Waals surface area contributed by atoms with Crippen LogP contribution in [0.2, 0.25) is 10.0 Å². The molecule has 0 fully saturated rings. The van der Waals surface area contributed by atoms with Gasteiger partial charge in [0.1, 0.15) is 13.2 Å². The second-order valence-corrected chi connectivity index (χ2v) is 5.87. The van der Waals surface area contributed by atoms with Crippen LogP contribution in [0.4, 0.5) is 0 Å². The lowest BCUT2D eigenvalue weighted by molar-refractivity contribution is 0.171. The highest BCUT2D eigenvalue weighted by Gasteiger charge is 2.18. The fourth-order valence-corrected chi connectivity index (χ4v) is 3.00. The van der Waals surface area contributed by atoms with E-state index in [-0.39, 0.29) is 5.92 Å². The van der Waals surface area contributed by atoms with E-state index in [1.165, 1.54) is 0 Å². The molecule has 5 heteroatoms. The Kier molecular flexibility index (Phi) is 4.42. The quantitative estimate of drug-likeness (QED) is 0.823. The predicted molar refractivity (Wildman–Crippen MR) is 86.0 cm³/mol. The zero-order valence-electron chi connectivity index (χ0n) is 11.7. The van der Waals surface area contributed by atoms with Crippen LogP contribution >= 0.6 is 23.2 Å². The van der Waals surface area contributed by atoms with Crippen LogP contribution in [-0.4, -0.2) is 13.2 Å². The Morgan fingerprint density at radius 2 is 1.82 bits per heavy atom. The summed E-state index contributed by atoms with van der Waals surface area (Å²) >= 11 is 12.1. The lowest BCUT2D eigenvalue weighted by atomic mass is 9.93. The van der Waals surface area contributed by atoms with Gasteiger partial charge in [0.05, 0.1) is 12.0 Å². The van der Waals surface area contributed by atoms with Crippen LogP contribution in [0.1, 0.15) is 17.0 Å². The predicted octanol–water partition coefficient (Wildman–Crippen LogP) is 4.61. The third-order valence-electron chi connectivity index (χ3n) is 3.54. The van der Waals surface area contributed by atoms with E-state index in [9.17, 15) is 5.26 Å². The SMILES string of the molecule is N#CC(Cc1ccc2c(c1)OCCO2)c1ccc(Cl)cc1Cl. The molecule has 3 nitrogen and oxygen atoms in total. The average Bonchev–Trinajstić information content (AvgIpc) is 2.53. The Bertz CT molecular complexity index is 740. The first-order valence-corrected chi connectivity index (χ1v) is 7.66. The second-order valence-electron chi connectivity index (χ2n) is 5.03. The third-order valence-corrected chi connectivity index (χ3v) is 4.10. The summed E-state index contributed by atoms with van der Waals surface area (Å²) in [5.41, 5.74) is 1.78. The van der Waals surface area contributed by atoms with Crippen LogP contribution < -0.4 is 9.47 Å². The third kappa shape index (κ3) is 3.14. The van der Waals surface area contributed by atoms with Crippen molar-refractivity contribution < 1.29 is 9.47 Å². The van der Waals surface area contributed by atoms with Crippen molar-refractivity contribution in [3.05, 3.63) is 57.6 Å². The molecular formula is C17H13Cl2NO2. The number of hydrogen-bond donors (Lipinski definition) is 0. The number of nitrogens with zero attached hydrogens (tertiary/aromatic N) is 1. The smallest absolute Gasteiger partial charge is 0.161 e. The Morgan fingerprint density at radius 3 is 2.55 bits per heavy atom. The molecule has 0 N–H and O–H groups in total. The highest BCUT2D eigenvalue weighted by atomic mass is 35.5. The largest absolute Gasteiger partial charge is 0.486 e. The van der Waals surface area contributed by atoms with Gasteiger partial charge in [-0.1, -0.05) is 35.3 Å². The van der Waals surface area contributed by atoms with Gasteiger partial charge >= 0.3 is 0 Å². The Balaban J connectivity index is 1.85. The fraction of sp³-hybridized carbons (Fsp3) is 0.235. The fourth-order valence-electron chi connectivity index (χ4n) is 2.46. The zero-order chi connectivity index (χ0) is 15.5. The van der Waals surface area contributed by atoms with Crippen molar-refractivity contribution in [3.8, 4) is 17.6 Å². The first-order chi connectivity index (χ1) is 10.7. The van der Waals surface area contributed by atoms with Gasteiger partial charge in [0.2, 0.25) is 0 Å². The zero-order valence-corrected chi connectivity index (χ0v) is 13.2. The highest BCUT2D eigenvalue weighted by molar-refractivity contribution is 6.35. The summed E-state index contributed by atoms with van der Waals surface area (Å²) < 4.78 is 11.1. The van der Waals surface area contributed by atoms with Gasteiger partial charge in [0.15, 0.2) is 11.5 Å². The van der Waals surface area contributed by atoms with Crippen molar-refractivity contribution in [1.82, 2.24) is 0 Å². The summed E-state index contributed by atoms with van der Waals surface area (Å²) in [5, 5.41) is 10.5. The minimum absolute atomic E-state index is 0.340. The summed E-state index contributed by atoms with van der Waals surface area (Å²) in [5.74, 6) is 1.13. The number of benzene rings is 2. The van der Waals surface area contributed by atoms with Gasteiger partial charge in [0.25, 0.3) is 0 Å². The van der Waals surface area contributed by atoms with E-state index in [2.05, 4.69) is 6.07 Å². The number of hydrogen-bond acceptors (Lipinski definition) is 3. The first-order valence-electron chi connectivity index (χ1n) is 6.90. The van der Waals surface area contributed by atoms with Gasteiger partial charge in [-0.25, -0.2) is 0 Å². The summed E-state index contributed by atoms with van der Waals surface area (Å²) in [7, 11) is 0. The Labute approximate surface area is 139 Å². The van der Waals surface area contributed by atoms with Crippen LogP contribution in [0.15, 0.2) is 36.4 Å². The molecule has 0 aromatic heterocycles. The molecular weight excluding hydrogens is 321 g/mol. The molecule has 1 aliphatic heterocycles. The van der Waals surface area contributed by atoms with Gasteiger partial charge in [-0.15, -0.1) is 0 Å². The van der Waals surface area contributed by atoms with Gasteiger partial charge in [0, 0.05) is 10.0 Å². The van der Waals surface area contributed by atoms with E-state index in [1.807, 2.05) is 18.2 Å². The number of nitriles is 1. The van der Waals surface area contributed by atoms with E-state index in [0.29, 0.717) is 29.7 Å². The normalized spacial score (nSPS) is 14.2. The molecule has 3 rings (SSSR count). The monoisotopic (exact) mass is 333 g/mol. The van der Waals surface area contributed by atoms with Crippen molar-refractivity contribution in [2.24, 2.45) is 0 Å². The molecule has 2 aromatic rings. The molecule has 0 amide bonds. The van der Waals surface area contributed by atoms with E-state index in [0.717, 1.165) is 22.6 Å². The molecule has 112 valence electrons. The number of ether oxygens (including phenoxy) is 2. The van der Waals surface area contributed by atoms with Gasteiger partial charge < -0.3 is 9.47 Å². The maximum atomic E-state index is 9.48. The Hall–Kier alpha value is -1.89. The maximum Gasteiger partial charge on any atom is 0.161 e. The lowest BCUT2D eigenvalue weighted by Crippen LogP contribution is -2.15. The van der Waals surface area contributed by atoms with E-state index in [1.54, 1.807) is 18.2 Å². The van der Waals surface area contributed by atoms with E-state index in [4.69, 9.17) is 32.7 Å². The first kappa shape index (κ1) is 15.0. The molecule has 2 aromatic carbocycles. The van der Waals surface area contributed by atoms with Crippen LogP contribution in [0.3, 0.4) is 0 Å². The minimum atomic E-state index is -0.340. The maximum absolute atomic E-state index is 9.48. The van der Waals surface area contributed by atoms with Crippen molar-refractivity contribution in [3.63, 3.8) is 0 Å². The van der Waals surface area contributed by atoms with Gasteiger partial charge in [-0.2, -0.15) is 5.26 Å². The molecule has 1 atom stereocenters. The molecule has 1 unspecified atom stereocenters. The minimum Gasteiger partial charge on any atom is -0.486 e. The van der Waals surface area contributed by atoms with Crippen molar-refractivity contribution >= 4 is 23.2 Å². The highest BCUT2D eigenvalue weighted by Crippen LogP contribution is 2.34. The van der Waals surface area contributed by atoms with Crippen molar-refractivity contribution in [1.29, 1.82) is 5.26 Å². The Morgan fingerprint density at radius 1 is 1.05 bits per heavy atom. The number of halogens is 2. The molecule has 1 heterocycles. The summed E-state index contributed by atoms with van der Waals surface area (Å²) in [6.07, 6.45) is 0.550. The molecule has 22 heavy (non-hydrogen) atoms. The molecule has 0 saturated heterocycles. The summed E-state index contributed by atoms with van der Waals surface area (Å²) in [4.78, 5) is 0. The van der Waals surface area contributed by atoms with Gasteiger partial charge in [-0.05, 0) is 41.8 Å². The number of fused-ring (bicyclic) bond motifs is 1. The van der Waals surface area contributed by atoms with Crippen LogP contribution in [-0.2, 0) is 6.42 Å². The molecule has 0 saturated carbocycles. The van der Waals surface area contributed by atoms with Crippen molar-refractivity contribution in [2.75, 3.05) is 13.2 Å². The molecule has 0 spiro atoms. The summed E-state index contributed by atoms with van der Waals surface area (Å²) in [6.45, 7) is 1.11. The van der Waals surface area contributed by atoms with Crippen LogP contribution in [0, 0.1) is 11.3 Å². The summed E-state index contributed by atoms with van der Waals surface area (Å²) in [6, 6.07) is 13.3. The van der Waals surface area contributed by atoms with Gasteiger partial charge in [-0.3, -0.25) is 0 Å². The van der Waals surface area contributed by atoms with E-state index >= 15 is 0 Å². The second kappa shape index (κ2) is 6.48. The van der Waals surface area contributed by atoms with Crippen LogP contribution in [0.5, 0.6) is 11.5 Å². The molecule has 0 aliphatic carbocycles. The topological polar surface area (TPSA) is 42.2 Å². The lowest BCUT2D eigenvalue weighted by Gasteiger charge is -2.19. The molecule has 0 bridgehead atoms. The standard InChI is InChI=1S/C17H13Cl2NO2/c18-13-2-3-14(15(19)9-13)12(10-20)7-11-1-4-16-17(8-11)22-6-5-21-16/h1-4,8-9,12H,5-7H2. The average molecular weight is 334 g/mol. The molecule has 0 radical (unpaired) electrons.